The van der Waals surface area contributed by atoms with Gasteiger partial charge < -0.3 is 15.0 Å². The van der Waals surface area contributed by atoms with Gasteiger partial charge in [0.2, 0.25) is 21.8 Å². The van der Waals surface area contributed by atoms with Crippen LogP contribution < -0.4 is 14.4 Å². The Hall–Kier alpha value is -3.56. The molecule has 0 radical (unpaired) electrons. The van der Waals surface area contributed by atoms with E-state index >= 15 is 0 Å². The Morgan fingerprint density at radius 2 is 1.60 bits per heavy atom. The number of carbonyl (C=O) groups excluding carboxylic acids is 2. The SMILES string of the molecule is COc1cccc(CN(C(=O)CN(c2cccc(Cl)c2)S(C)(=O)=O)C(Cc2ccccc2)C(=O)NC(C)(C)C)c1. The second-order valence-electron chi connectivity index (χ2n) is 10.6. The quantitative estimate of drug-likeness (QED) is 0.353. The van der Waals surface area contributed by atoms with E-state index in [1.54, 1.807) is 43.5 Å². The van der Waals surface area contributed by atoms with Crippen molar-refractivity contribution in [2.24, 2.45) is 0 Å². The maximum atomic E-state index is 14.1. The number of sulfonamides is 1. The first kappa shape index (κ1) is 31.0. The minimum absolute atomic E-state index is 0.0538. The van der Waals surface area contributed by atoms with E-state index in [-0.39, 0.29) is 24.6 Å². The van der Waals surface area contributed by atoms with E-state index < -0.39 is 34.1 Å². The van der Waals surface area contributed by atoms with Crippen molar-refractivity contribution in [2.45, 2.75) is 45.3 Å². The lowest BCUT2D eigenvalue weighted by Gasteiger charge is -2.35. The molecule has 3 aromatic rings. The van der Waals surface area contributed by atoms with Gasteiger partial charge >= 0.3 is 0 Å². The second kappa shape index (κ2) is 13.2. The van der Waals surface area contributed by atoms with E-state index in [1.165, 1.54) is 11.0 Å². The van der Waals surface area contributed by atoms with Crippen molar-refractivity contribution in [2.75, 3.05) is 24.2 Å². The molecular weight excluding hydrogens is 550 g/mol. The van der Waals surface area contributed by atoms with Gasteiger partial charge in [0.15, 0.2) is 0 Å². The monoisotopic (exact) mass is 585 g/mol. The maximum Gasteiger partial charge on any atom is 0.244 e. The van der Waals surface area contributed by atoms with Gasteiger partial charge in [-0.1, -0.05) is 60.1 Å². The topological polar surface area (TPSA) is 96.0 Å². The van der Waals surface area contributed by atoms with Crippen LogP contribution in [-0.2, 0) is 32.6 Å². The highest BCUT2D eigenvalue weighted by Gasteiger charge is 2.34. The second-order valence-corrected chi connectivity index (χ2v) is 12.9. The predicted octanol–water partition coefficient (Wildman–Crippen LogP) is 4.67. The first-order chi connectivity index (χ1) is 18.8. The lowest BCUT2D eigenvalue weighted by atomic mass is 10.0. The molecule has 10 heteroatoms. The highest BCUT2D eigenvalue weighted by atomic mass is 35.5. The third-order valence-electron chi connectivity index (χ3n) is 6.03. The summed E-state index contributed by atoms with van der Waals surface area (Å²) in [5, 5.41) is 3.33. The molecule has 0 fully saturated rings. The molecular formula is C30H36ClN3O5S. The molecule has 1 unspecified atom stereocenters. The van der Waals surface area contributed by atoms with Crippen LogP contribution in [0, 0.1) is 0 Å². The fourth-order valence-corrected chi connectivity index (χ4v) is 5.25. The molecule has 0 bridgehead atoms. The molecule has 0 spiro atoms. The maximum absolute atomic E-state index is 14.1. The minimum atomic E-state index is -3.87. The average molecular weight is 586 g/mol. The van der Waals surface area contributed by atoms with E-state index in [0.717, 1.165) is 21.7 Å². The van der Waals surface area contributed by atoms with E-state index in [9.17, 15) is 18.0 Å². The Morgan fingerprint density at radius 3 is 2.20 bits per heavy atom. The predicted molar refractivity (Wildman–Crippen MR) is 159 cm³/mol. The number of rotatable bonds is 11. The Balaban J connectivity index is 2.09. The van der Waals surface area contributed by atoms with Crippen molar-refractivity contribution in [3.8, 4) is 5.75 Å². The molecule has 8 nitrogen and oxygen atoms in total. The summed E-state index contributed by atoms with van der Waals surface area (Å²) in [6.07, 6.45) is 1.26. The molecule has 0 aliphatic heterocycles. The third kappa shape index (κ3) is 8.99. The van der Waals surface area contributed by atoms with Crippen molar-refractivity contribution in [3.05, 3.63) is 95.0 Å². The van der Waals surface area contributed by atoms with Crippen LogP contribution in [0.25, 0.3) is 0 Å². The number of amides is 2. The van der Waals surface area contributed by atoms with Crippen LogP contribution in [0.2, 0.25) is 5.02 Å². The van der Waals surface area contributed by atoms with Gasteiger partial charge in [-0.2, -0.15) is 0 Å². The largest absolute Gasteiger partial charge is 0.497 e. The fraction of sp³-hybridized carbons (Fsp3) is 0.333. The number of ether oxygens (including phenoxy) is 1. The van der Waals surface area contributed by atoms with Crippen LogP contribution in [0.5, 0.6) is 5.75 Å². The summed E-state index contributed by atoms with van der Waals surface area (Å²) in [6.45, 7) is 5.13. The zero-order chi connectivity index (χ0) is 29.5. The number of carbonyl (C=O) groups is 2. The van der Waals surface area contributed by atoms with Crippen molar-refractivity contribution in [1.82, 2.24) is 10.2 Å². The van der Waals surface area contributed by atoms with Gasteiger partial charge in [-0.15, -0.1) is 0 Å². The van der Waals surface area contributed by atoms with Gasteiger partial charge in [-0.3, -0.25) is 13.9 Å². The van der Waals surface area contributed by atoms with Crippen LogP contribution in [0.4, 0.5) is 5.69 Å². The highest BCUT2D eigenvalue weighted by molar-refractivity contribution is 7.92. The van der Waals surface area contributed by atoms with Crippen molar-refractivity contribution in [3.63, 3.8) is 0 Å². The highest BCUT2D eigenvalue weighted by Crippen LogP contribution is 2.24. The molecule has 3 rings (SSSR count). The molecule has 1 N–H and O–H groups in total. The molecule has 0 aliphatic carbocycles. The molecule has 214 valence electrons. The number of hydrogen-bond acceptors (Lipinski definition) is 5. The fourth-order valence-electron chi connectivity index (χ4n) is 4.22. The number of methoxy groups -OCH3 is 1. The zero-order valence-corrected chi connectivity index (χ0v) is 25.0. The number of nitrogens with zero attached hydrogens (tertiary/aromatic N) is 2. The Kier molecular flexibility index (Phi) is 10.2. The van der Waals surface area contributed by atoms with Gasteiger partial charge in [-0.25, -0.2) is 8.42 Å². The molecule has 1 atom stereocenters. The van der Waals surface area contributed by atoms with E-state index in [1.807, 2.05) is 57.2 Å². The molecule has 2 amide bonds. The molecule has 3 aromatic carbocycles. The van der Waals surface area contributed by atoms with E-state index in [0.29, 0.717) is 10.8 Å². The first-order valence-electron chi connectivity index (χ1n) is 12.8. The third-order valence-corrected chi connectivity index (χ3v) is 7.41. The van der Waals surface area contributed by atoms with Gasteiger partial charge in [0.25, 0.3) is 0 Å². The normalized spacial score (nSPS) is 12.3. The Bertz CT molecular complexity index is 1420. The summed E-state index contributed by atoms with van der Waals surface area (Å²) in [4.78, 5) is 29.3. The molecule has 0 heterocycles. The molecule has 0 aromatic heterocycles. The smallest absolute Gasteiger partial charge is 0.244 e. The van der Waals surface area contributed by atoms with Gasteiger partial charge in [0, 0.05) is 23.5 Å². The lowest BCUT2D eigenvalue weighted by Crippen LogP contribution is -2.56. The summed E-state index contributed by atoms with van der Waals surface area (Å²) >= 11 is 6.14. The van der Waals surface area contributed by atoms with Crippen LogP contribution in [0.3, 0.4) is 0 Å². The standard InChI is InChI=1S/C30H36ClN3O5S/c1-30(2,3)32-29(36)27(18-22-11-7-6-8-12-22)33(20-23-13-9-16-26(17-23)39-4)28(35)21-34(40(5,37)38)25-15-10-14-24(31)19-25/h6-17,19,27H,18,20-21H2,1-5H3,(H,32,36). The molecule has 0 saturated carbocycles. The van der Waals surface area contributed by atoms with E-state index in [2.05, 4.69) is 5.32 Å². The summed E-state index contributed by atoms with van der Waals surface area (Å²) in [7, 11) is -2.33. The van der Waals surface area contributed by atoms with Crippen LogP contribution in [0.15, 0.2) is 78.9 Å². The van der Waals surface area contributed by atoms with Crippen molar-refractivity contribution in [1.29, 1.82) is 0 Å². The number of benzene rings is 3. The average Bonchev–Trinajstić information content (AvgIpc) is 2.88. The van der Waals surface area contributed by atoms with Gasteiger partial charge in [-0.05, 0) is 62.2 Å². The van der Waals surface area contributed by atoms with Crippen molar-refractivity contribution >= 4 is 39.1 Å². The Morgan fingerprint density at radius 1 is 0.950 bits per heavy atom. The minimum Gasteiger partial charge on any atom is -0.497 e. The van der Waals surface area contributed by atoms with Crippen molar-refractivity contribution < 1.29 is 22.7 Å². The first-order valence-corrected chi connectivity index (χ1v) is 15.0. The molecule has 40 heavy (non-hydrogen) atoms. The number of halogens is 1. The summed E-state index contributed by atoms with van der Waals surface area (Å²) in [5.74, 6) is -0.292. The summed E-state index contributed by atoms with van der Waals surface area (Å²) in [5.41, 5.74) is 1.28. The van der Waals surface area contributed by atoms with Gasteiger partial charge in [0.05, 0.1) is 19.1 Å². The van der Waals surface area contributed by atoms with Crippen LogP contribution in [0.1, 0.15) is 31.9 Å². The van der Waals surface area contributed by atoms with Crippen LogP contribution in [-0.4, -0.2) is 56.6 Å². The number of nitrogens with one attached hydrogen (secondary N) is 1. The zero-order valence-electron chi connectivity index (χ0n) is 23.4. The summed E-state index contributed by atoms with van der Waals surface area (Å²) < 4.78 is 32.0. The van der Waals surface area contributed by atoms with Crippen LogP contribution >= 0.6 is 11.6 Å². The van der Waals surface area contributed by atoms with E-state index in [4.69, 9.17) is 16.3 Å². The lowest BCUT2D eigenvalue weighted by molar-refractivity contribution is -0.140. The number of anilines is 1. The molecule has 0 saturated heterocycles. The van der Waals surface area contributed by atoms with Gasteiger partial charge in [0.1, 0.15) is 18.3 Å². The summed E-state index contributed by atoms with van der Waals surface area (Å²) in [6, 6.07) is 21.9. The number of hydrogen-bond donors (Lipinski definition) is 1. The molecule has 0 aliphatic rings. The Labute approximate surface area is 241 Å².